The van der Waals surface area contributed by atoms with Crippen LogP contribution < -0.4 is 0 Å². The smallest absolute Gasteiger partial charge is 0.160 e. The van der Waals surface area contributed by atoms with Crippen molar-refractivity contribution in [3.8, 4) is 80.1 Å². The Hall–Kier alpha value is -8.11. The molecule has 0 aliphatic carbocycles. The van der Waals surface area contributed by atoms with E-state index >= 15 is 0 Å². The largest absolute Gasteiger partial charge is 0.308 e. The first-order valence-electron chi connectivity index (χ1n) is 17.8. The van der Waals surface area contributed by atoms with E-state index < -0.39 is 0 Å². The maximum absolute atomic E-state index is 10.5. The Balaban J connectivity index is 1.46. The average Bonchev–Trinajstić information content (AvgIpc) is 3.59. The van der Waals surface area contributed by atoms with Gasteiger partial charge in [0, 0.05) is 49.7 Å². The predicted octanol–water partition coefficient (Wildman–Crippen LogP) is 11.5. The van der Waals surface area contributed by atoms with Crippen LogP contribution in [0, 0.1) is 34.0 Å². The molecule has 0 saturated heterocycles. The SMILES string of the molecule is N#Cc1ccc2c(c1)c1ccccc1n2-c1c(-c2ccccc2C#N)cc(-c2nc(-c3ccccc3)cc(-c3ccccc3)n2)cc1-c1ccccc1C#N. The van der Waals surface area contributed by atoms with E-state index in [1.165, 1.54) is 0 Å². The lowest BCUT2D eigenvalue weighted by Gasteiger charge is -2.22. The van der Waals surface area contributed by atoms with Gasteiger partial charge in [0.05, 0.1) is 63.0 Å². The fraction of sp³-hybridized carbons (Fsp3) is 0. The van der Waals surface area contributed by atoms with Crippen LogP contribution in [0.3, 0.4) is 0 Å². The van der Waals surface area contributed by atoms with E-state index in [-0.39, 0.29) is 0 Å². The zero-order chi connectivity index (χ0) is 37.3. The van der Waals surface area contributed by atoms with Gasteiger partial charge in [-0.1, -0.05) is 115 Å². The molecule has 0 atom stereocenters. The zero-order valence-corrected chi connectivity index (χ0v) is 29.3. The van der Waals surface area contributed by atoms with E-state index in [1.807, 2.05) is 146 Å². The molecule has 0 radical (unpaired) electrons. The van der Waals surface area contributed by atoms with Gasteiger partial charge in [0.15, 0.2) is 5.82 Å². The summed E-state index contributed by atoms with van der Waals surface area (Å²) in [6.45, 7) is 0. The fourth-order valence-corrected chi connectivity index (χ4v) is 7.42. The standard InChI is InChI=1S/C49H28N6/c50-29-32-23-24-47-41(25-32)40-21-11-12-22-46(40)55(47)48-42(38-19-9-7-17-35(38)30-51)26-37(27-43(48)39-20-10-8-18-36(39)31-52)49-53-44(33-13-3-1-4-14-33)28-45(54-49)34-15-5-2-6-16-34/h1-28H. The average molecular weight is 701 g/mol. The molecule has 6 heteroatoms. The number of nitrogens with zero attached hydrogens (tertiary/aromatic N) is 6. The van der Waals surface area contributed by atoms with Gasteiger partial charge < -0.3 is 4.57 Å². The molecule has 7 aromatic carbocycles. The quantitative estimate of drug-likeness (QED) is 0.172. The third kappa shape index (κ3) is 5.76. The van der Waals surface area contributed by atoms with Crippen molar-refractivity contribution < 1.29 is 0 Å². The van der Waals surface area contributed by atoms with Gasteiger partial charge in [0.2, 0.25) is 0 Å². The highest BCUT2D eigenvalue weighted by atomic mass is 15.0. The van der Waals surface area contributed by atoms with Crippen molar-refractivity contribution in [1.82, 2.24) is 14.5 Å². The molecule has 0 unspecified atom stereocenters. The molecule has 0 saturated carbocycles. The molecule has 9 rings (SSSR count). The lowest BCUT2D eigenvalue weighted by molar-refractivity contribution is 1.16. The van der Waals surface area contributed by atoms with Crippen molar-refractivity contribution in [2.75, 3.05) is 0 Å². The van der Waals surface area contributed by atoms with E-state index in [0.717, 1.165) is 77.8 Å². The van der Waals surface area contributed by atoms with E-state index in [9.17, 15) is 15.8 Å². The maximum atomic E-state index is 10.5. The number of hydrogen-bond acceptors (Lipinski definition) is 5. The van der Waals surface area contributed by atoms with E-state index in [1.54, 1.807) is 0 Å². The lowest BCUT2D eigenvalue weighted by Crippen LogP contribution is -2.04. The summed E-state index contributed by atoms with van der Waals surface area (Å²) >= 11 is 0. The number of aromatic nitrogens is 3. The van der Waals surface area contributed by atoms with Gasteiger partial charge in [-0.15, -0.1) is 0 Å². The summed E-state index contributed by atoms with van der Waals surface area (Å²) in [7, 11) is 0. The molecule has 0 aliphatic rings. The number of nitriles is 3. The van der Waals surface area contributed by atoms with E-state index in [2.05, 4.69) is 47.0 Å². The molecule has 0 amide bonds. The summed E-state index contributed by atoms with van der Waals surface area (Å²) in [5.41, 5.74) is 11.3. The first-order valence-corrected chi connectivity index (χ1v) is 17.8. The van der Waals surface area contributed by atoms with Gasteiger partial charge in [-0.25, -0.2) is 9.97 Å². The van der Waals surface area contributed by atoms with Crippen molar-refractivity contribution in [3.63, 3.8) is 0 Å². The van der Waals surface area contributed by atoms with Gasteiger partial charge in [0.25, 0.3) is 0 Å². The van der Waals surface area contributed by atoms with Crippen LogP contribution in [0.4, 0.5) is 0 Å². The molecule has 254 valence electrons. The lowest BCUT2D eigenvalue weighted by atomic mass is 9.89. The second-order valence-corrected chi connectivity index (χ2v) is 13.1. The number of benzene rings is 7. The third-order valence-electron chi connectivity index (χ3n) is 9.93. The van der Waals surface area contributed by atoms with Gasteiger partial charge in [-0.05, 0) is 54.6 Å². The second kappa shape index (κ2) is 13.8. The summed E-state index contributed by atoms with van der Waals surface area (Å²) in [6.07, 6.45) is 0. The van der Waals surface area contributed by atoms with Crippen molar-refractivity contribution in [3.05, 3.63) is 187 Å². The Morgan fingerprint density at radius 3 is 1.47 bits per heavy atom. The van der Waals surface area contributed by atoms with Crippen molar-refractivity contribution >= 4 is 21.8 Å². The number of rotatable bonds is 6. The Labute approximate surface area is 317 Å². The number of fused-ring (bicyclic) bond motifs is 3. The van der Waals surface area contributed by atoms with Crippen LogP contribution in [-0.2, 0) is 0 Å². The molecule has 0 bridgehead atoms. The van der Waals surface area contributed by atoms with Gasteiger partial charge in [-0.2, -0.15) is 15.8 Å². The summed E-state index contributed by atoms with van der Waals surface area (Å²) in [5, 5.41) is 32.8. The third-order valence-corrected chi connectivity index (χ3v) is 9.93. The molecule has 2 heterocycles. The highest BCUT2D eigenvalue weighted by Crippen LogP contribution is 2.45. The molecule has 9 aromatic rings. The van der Waals surface area contributed by atoms with Crippen LogP contribution in [0.2, 0.25) is 0 Å². The Morgan fingerprint density at radius 2 is 0.909 bits per heavy atom. The van der Waals surface area contributed by atoms with Crippen LogP contribution in [-0.4, -0.2) is 14.5 Å². The van der Waals surface area contributed by atoms with Crippen LogP contribution in [0.1, 0.15) is 16.7 Å². The molecule has 6 nitrogen and oxygen atoms in total. The van der Waals surface area contributed by atoms with Crippen LogP contribution in [0.25, 0.3) is 83.6 Å². The summed E-state index contributed by atoms with van der Waals surface area (Å²) < 4.78 is 2.19. The molecular weight excluding hydrogens is 673 g/mol. The van der Waals surface area contributed by atoms with Gasteiger partial charge >= 0.3 is 0 Å². The highest BCUT2D eigenvalue weighted by Gasteiger charge is 2.25. The molecule has 0 N–H and O–H groups in total. The number of para-hydroxylation sites is 1. The molecule has 55 heavy (non-hydrogen) atoms. The Morgan fingerprint density at radius 1 is 0.400 bits per heavy atom. The van der Waals surface area contributed by atoms with E-state index in [0.29, 0.717) is 22.5 Å². The normalized spacial score (nSPS) is 10.9. The van der Waals surface area contributed by atoms with Crippen LogP contribution in [0.5, 0.6) is 0 Å². The first kappa shape index (κ1) is 32.8. The maximum Gasteiger partial charge on any atom is 0.160 e. The van der Waals surface area contributed by atoms with Crippen molar-refractivity contribution in [1.29, 1.82) is 15.8 Å². The van der Waals surface area contributed by atoms with Crippen LogP contribution in [0.15, 0.2) is 170 Å². The minimum absolute atomic E-state index is 0.497. The zero-order valence-electron chi connectivity index (χ0n) is 29.3. The molecular formula is C49H28N6. The summed E-state index contributed by atoms with van der Waals surface area (Å²) in [6, 6.07) is 62.3. The number of hydrogen-bond donors (Lipinski definition) is 0. The topological polar surface area (TPSA) is 102 Å². The van der Waals surface area contributed by atoms with Gasteiger partial charge in [-0.3, -0.25) is 0 Å². The van der Waals surface area contributed by atoms with Crippen LogP contribution >= 0.6 is 0 Å². The monoisotopic (exact) mass is 700 g/mol. The molecule has 2 aromatic heterocycles. The predicted molar refractivity (Wildman–Crippen MR) is 218 cm³/mol. The van der Waals surface area contributed by atoms with Crippen molar-refractivity contribution in [2.45, 2.75) is 0 Å². The fourth-order valence-electron chi connectivity index (χ4n) is 7.42. The highest BCUT2D eigenvalue weighted by molar-refractivity contribution is 6.11. The van der Waals surface area contributed by atoms with Crippen molar-refractivity contribution in [2.24, 2.45) is 0 Å². The molecule has 0 aliphatic heterocycles. The summed E-state index contributed by atoms with van der Waals surface area (Å²) in [5.74, 6) is 0.499. The van der Waals surface area contributed by atoms with Gasteiger partial charge in [0.1, 0.15) is 0 Å². The second-order valence-electron chi connectivity index (χ2n) is 13.1. The first-order chi connectivity index (χ1) is 27.1. The minimum Gasteiger partial charge on any atom is -0.308 e. The van der Waals surface area contributed by atoms with E-state index in [4.69, 9.17) is 9.97 Å². The minimum atomic E-state index is 0.497. The Bertz CT molecular complexity index is 2930. The molecule has 0 spiro atoms. The Kier molecular flexibility index (Phi) is 8.22. The molecule has 0 fully saturated rings. The summed E-state index contributed by atoms with van der Waals surface area (Å²) in [4.78, 5) is 10.4.